The summed E-state index contributed by atoms with van der Waals surface area (Å²) in [5.41, 5.74) is 2.10. The van der Waals surface area contributed by atoms with E-state index in [9.17, 15) is 4.79 Å². The molecule has 0 saturated carbocycles. The van der Waals surface area contributed by atoms with Gasteiger partial charge in [0.15, 0.2) is 12.0 Å². The lowest BCUT2D eigenvalue weighted by Crippen LogP contribution is -2.25. The molecule has 0 aliphatic carbocycles. The fraction of sp³-hybridized carbons (Fsp3) is 0.316. The molecule has 3 aromatic heterocycles. The number of hydrogen-bond donors (Lipinski definition) is 1. The third-order valence-electron chi connectivity index (χ3n) is 4.86. The summed E-state index contributed by atoms with van der Waals surface area (Å²) < 4.78 is 12.4. The Balaban J connectivity index is 1.66. The minimum atomic E-state index is -0.229. The molecule has 1 N–H and O–H groups in total. The van der Waals surface area contributed by atoms with E-state index in [4.69, 9.17) is 14.7 Å². The van der Waals surface area contributed by atoms with Crippen molar-refractivity contribution in [3.63, 3.8) is 0 Å². The molecule has 0 aromatic carbocycles. The molecule has 148 valence electrons. The Labute approximate surface area is 166 Å². The number of likely N-dealkylation sites (tertiary alicyclic amines) is 1. The molecule has 4 heterocycles. The Kier molecular flexibility index (Phi) is 4.87. The van der Waals surface area contributed by atoms with Crippen LogP contribution in [0.5, 0.6) is 11.8 Å². The summed E-state index contributed by atoms with van der Waals surface area (Å²) in [6.07, 6.45) is 4.47. The van der Waals surface area contributed by atoms with Gasteiger partial charge in [-0.15, -0.1) is 10.2 Å². The molecular weight excluding hydrogens is 374 g/mol. The number of nitriles is 1. The summed E-state index contributed by atoms with van der Waals surface area (Å²) in [4.78, 5) is 18.6. The van der Waals surface area contributed by atoms with Crippen LogP contribution in [0.2, 0.25) is 0 Å². The number of imidazole rings is 1. The zero-order valence-corrected chi connectivity index (χ0v) is 16.0. The SMILES string of the molecule is COc1cc(-c2cccc3nc(NC(=O)[C@H]4CCN(C#N)C4)cn23)c(OC)nn1. The molecule has 1 saturated heterocycles. The highest BCUT2D eigenvalue weighted by Gasteiger charge is 2.28. The molecule has 0 unspecified atom stereocenters. The van der Waals surface area contributed by atoms with E-state index >= 15 is 0 Å². The minimum Gasteiger partial charge on any atom is -0.480 e. The third-order valence-corrected chi connectivity index (χ3v) is 4.86. The lowest BCUT2D eigenvalue weighted by atomic mass is 10.1. The Bertz CT molecular complexity index is 1100. The van der Waals surface area contributed by atoms with Gasteiger partial charge in [0.2, 0.25) is 17.7 Å². The number of aromatic nitrogens is 4. The van der Waals surface area contributed by atoms with Gasteiger partial charge in [-0.1, -0.05) is 6.07 Å². The average molecular weight is 393 g/mol. The van der Waals surface area contributed by atoms with Crippen molar-refractivity contribution < 1.29 is 14.3 Å². The number of nitrogens with zero attached hydrogens (tertiary/aromatic N) is 6. The number of carbonyl (C=O) groups is 1. The van der Waals surface area contributed by atoms with Crippen LogP contribution in [0.1, 0.15) is 6.42 Å². The van der Waals surface area contributed by atoms with Crippen molar-refractivity contribution in [2.24, 2.45) is 5.92 Å². The Morgan fingerprint density at radius 3 is 2.90 bits per heavy atom. The highest BCUT2D eigenvalue weighted by molar-refractivity contribution is 5.92. The van der Waals surface area contributed by atoms with Crippen LogP contribution in [0.4, 0.5) is 5.82 Å². The number of pyridine rings is 1. The van der Waals surface area contributed by atoms with Crippen LogP contribution in [-0.2, 0) is 4.79 Å². The second kappa shape index (κ2) is 7.63. The van der Waals surface area contributed by atoms with Gasteiger partial charge in [0.05, 0.1) is 37.6 Å². The van der Waals surface area contributed by atoms with Gasteiger partial charge in [0, 0.05) is 19.2 Å². The van der Waals surface area contributed by atoms with Crippen molar-refractivity contribution in [3.05, 3.63) is 30.5 Å². The largest absolute Gasteiger partial charge is 0.480 e. The van der Waals surface area contributed by atoms with Crippen LogP contribution in [0.25, 0.3) is 16.9 Å². The minimum absolute atomic E-state index is 0.141. The van der Waals surface area contributed by atoms with Gasteiger partial charge in [-0.05, 0) is 18.6 Å². The van der Waals surface area contributed by atoms with Crippen LogP contribution in [0, 0.1) is 17.4 Å². The van der Waals surface area contributed by atoms with Gasteiger partial charge in [-0.3, -0.25) is 9.20 Å². The number of anilines is 1. The summed E-state index contributed by atoms with van der Waals surface area (Å²) in [5.74, 6) is 0.769. The van der Waals surface area contributed by atoms with E-state index in [1.165, 1.54) is 14.2 Å². The normalized spacial score (nSPS) is 15.9. The van der Waals surface area contributed by atoms with Gasteiger partial charge in [-0.25, -0.2) is 4.98 Å². The van der Waals surface area contributed by atoms with Gasteiger partial charge in [0.1, 0.15) is 5.65 Å². The molecule has 3 aromatic rings. The first-order chi connectivity index (χ1) is 14.1. The summed E-state index contributed by atoms with van der Waals surface area (Å²) in [5, 5.41) is 19.8. The molecule has 1 atom stereocenters. The molecule has 10 heteroatoms. The van der Waals surface area contributed by atoms with Gasteiger partial charge < -0.3 is 19.7 Å². The number of fused-ring (bicyclic) bond motifs is 1. The molecule has 1 aliphatic heterocycles. The van der Waals surface area contributed by atoms with Gasteiger partial charge in [-0.2, -0.15) is 5.26 Å². The molecule has 1 fully saturated rings. The second-order valence-electron chi connectivity index (χ2n) is 6.60. The van der Waals surface area contributed by atoms with Crippen LogP contribution in [0.3, 0.4) is 0 Å². The van der Waals surface area contributed by atoms with Gasteiger partial charge >= 0.3 is 0 Å². The number of carbonyl (C=O) groups excluding carboxylic acids is 1. The fourth-order valence-electron chi connectivity index (χ4n) is 3.38. The Morgan fingerprint density at radius 2 is 2.17 bits per heavy atom. The zero-order chi connectivity index (χ0) is 20.4. The van der Waals surface area contributed by atoms with E-state index in [0.29, 0.717) is 48.3 Å². The summed E-state index contributed by atoms with van der Waals surface area (Å²) >= 11 is 0. The third kappa shape index (κ3) is 3.50. The lowest BCUT2D eigenvalue weighted by Gasteiger charge is -2.10. The fourth-order valence-corrected chi connectivity index (χ4v) is 3.38. The molecule has 0 spiro atoms. The van der Waals surface area contributed by atoms with Crippen LogP contribution >= 0.6 is 0 Å². The maximum absolute atomic E-state index is 12.5. The van der Waals surface area contributed by atoms with E-state index in [1.54, 1.807) is 17.2 Å². The van der Waals surface area contributed by atoms with E-state index < -0.39 is 0 Å². The van der Waals surface area contributed by atoms with Crippen LogP contribution in [-0.4, -0.2) is 57.7 Å². The number of ether oxygens (including phenoxy) is 2. The smallest absolute Gasteiger partial charge is 0.242 e. The number of amides is 1. The van der Waals surface area contributed by atoms with Crippen molar-refractivity contribution in [3.8, 4) is 29.2 Å². The predicted molar refractivity (Wildman–Crippen MR) is 103 cm³/mol. The second-order valence-corrected chi connectivity index (χ2v) is 6.60. The summed E-state index contributed by atoms with van der Waals surface area (Å²) in [7, 11) is 3.04. The highest BCUT2D eigenvalue weighted by Crippen LogP contribution is 2.31. The number of rotatable bonds is 5. The van der Waals surface area contributed by atoms with E-state index in [-0.39, 0.29) is 11.8 Å². The molecule has 1 amide bonds. The number of hydrogen-bond acceptors (Lipinski definition) is 8. The van der Waals surface area contributed by atoms with E-state index in [2.05, 4.69) is 26.7 Å². The Morgan fingerprint density at radius 1 is 1.31 bits per heavy atom. The van der Waals surface area contributed by atoms with Crippen molar-refractivity contribution in [2.75, 3.05) is 32.6 Å². The van der Waals surface area contributed by atoms with E-state index in [1.807, 2.05) is 22.6 Å². The van der Waals surface area contributed by atoms with E-state index in [0.717, 1.165) is 5.69 Å². The maximum Gasteiger partial charge on any atom is 0.242 e. The monoisotopic (exact) mass is 393 g/mol. The van der Waals surface area contributed by atoms with Gasteiger partial charge in [0.25, 0.3) is 0 Å². The summed E-state index contributed by atoms with van der Waals surface area (Å²) in [6.45, 7) is 1.03. The van der Waals surface area contributed by atoms with Crippen molar-refractivity contribution in [1.29, 1.82) is 5.26 Å². The standard InChI is InChI=1S/C19H19N7O3/c1-28-17-8-13(19(29-2)24-23-17)14-4-3-5-16-21-15(10-26(14)16)22-18(27)12-6-7-25(9-12)11-20/h3-5,8,10,12H,6-7,9H2,1-2H3,(H,22,27)/t12-/m0/s1. The molecule has 10 nitrogen and oxygen atoms in total. The lowest BCUT2D eigenvalue weighted by molar-refractivity contribution is -0.119. The number of nitrogens with one attached hydrogen (secondary N) is 1. The molecule has 1 aliphatic rings. The average Bonchev–Trinajstić information content (AvgIpc) is 3.39. The maximum atomic E-state index is 12.5. The van der Waals surface area contributed by atoms with Crippen molar-refractivity contribution in [1.82, 2.24) is 24.5 Å². The quantitative estimate of drug-likeness (QED) is 0.649. The van der Waals surface area contributed by atoms with Crippen LogP contribution in [0.15, 0.2) is 30.5 Å². The predicted octanol–water partition coefficient (Wildman–Crippen LogP) is 1.55. The first kappa shape index (κ1) is 18.5. The molecular formula is C19H19N7O3. The molecule has 4 rings (SSSR count). The number of methoxy groups -OCH3 is 2. The van der Waals surface area contributed by atoms with Crippen LogP contribution < -0.4 is 14.8 Å². The Hall–Kier alpha value is -3.87. The zero-order valence-electron chi connectivity index (χ0n) is 16.0. The first-order valence-corrected chi connectivity index (χ1v) is 9.02. The first-order valence-electron chi connectivity index (χ1n) is 9.02. The summed E-state index contributed by atoms with van der Waals surface area (Å²) in [6, 6.07) is 7.32. The molecule has 29 heavy (non-hydrogen) atoms. The molecule has 0 bridgehead atoms. The van der Waals surface area contributed by atoms with Crippen molar-refractivity contribution >= 4 is 17.4 Å². The topological polar surface area (TPSA) is 118 Å². The molecule has 0 radical (unpaired) electrons. The highest BCUT2D eigenvalue weighted by atomic mass is 16.5. The van der Waals surface area contributed by atoms with Crippen molar-refractivity contribution in [2.45, 2.75) is 6.42 Å².